The molecule has 0 unspecified atom stereocenters. The smallest absolute Gasteiger partial charge is 0.331 e. The summed E-state index contributed by atoms with van der Waals surface area (Å²) in [4.78, 5) is 33.2. The van der Waals surface area contributed by atoms with Crippen molar-refractivity contribution < 1.29 is 19.2 Å². The number of nitrogens with zero attached hydrogens (tertiary/aromatic N) is 1. The molecule has 0 saturated heterocycles. The summed E-state index contributed by atoms with van der Waals surface area (Å²) in [5.74, 6) is -1.30. The Labute approximate surface area is 115 Å². The molecule has 0 radical (unpaired) electrons. The lowest BCUT2D eigenvalue weighted by Crippen LogP contribution is -2.29. The van der Waals surface area contributed by atoms with Crippen molar-refractivity contribution in [1.29, 1.82) is 0 Å². The van der Waals surface area contributed by atoms with Crippen LogP contribution in [0.4, 0.5) is 11.4 Å². The van der Waals surface area contributed by atoms with Crippen molar-refractivity contribution in [2.45, 2.75) is 20.0 Å². The van der Waals surface area contributed by atoms with Gasteiger partial charge in [0.1, 0.15) is 5.69 Å². The molecule has 0 spiro atoms. The Morgan fingerprint density at radius 2 is 2.05 bits per heavy atom. The number of anilines is 1. The van der Waals surface area contributed by atoms with Gasteiger partial charge in [-0.1, -0.05) is 18.2 Å². The average molecular weight is 278 g/mol. The number of nitro groups is 1. The van der Waals surface area contributed by atoms with Gasteiger partial charge in [0.15, 0.2) is 6.10 Å². The molecule has 1 rings (SSSR count). The van der Waals surface area contributed by atoms with E-state index in [0.29, 0.717) is 0 Å². The molecule has 0 bridgehead atoms. The average Bonchev–Trinajstić information content (AvgIpc) is 2.39. The number of hydrogen-bond acceptors (Lipinski definition) is 5. The quantitative estimate of drug-likeness (QED) is 0.384. The zero-order valence-electron chi connectivity index (χ0n) is 11.0. The van der Waals surface area contributed by atoms with Gasteiger partial charge in [0.05, 0.1) is 4.92 Å². The van der Waals surface area contributed by atoms with Crippen molar-refractivity contribution in [1.82, 2.24) is 0 Å². The van der Waals surface area contributed by atoms with Crippen molar-refractivity contribution >= 4 is 23.3 Å². The lowest BCUT2D eigenvalue weighted by molar-refractivity contribution is -0.383. The molecule has 0 aliphatic carbocycles. The predicted octanol–water partition coefficient (Wildman–Crippen LogP) is 2.04. The number of carbonyl (C=O) groups is 2. The number of nitrogens with one attached hydrogen (secondary N) is 1. The zero-order valence-corrected chi connectivity index (χ0v) is 11.0. The largest absolute Gasteiger partial charge is 0.449 e. The normalized spacial score (nSPS) is 11.9. The summed E-state index contributed by atoms with van der Waals surface area (Å²) in [6.07, 6.45) is 1.60. The van der Waals surface area contributed by atoms with Crippen LogP contribution in [0.15, 0.2) is 36.4 Å². The van der Waals surface area contributed by atoms with Gasteiger partial charge in [0, 0.05) is 12.1 Å². The molecule has 0 heterocycles. The minimum absolute atomic E-state index is 0.0523. The molecule has 1 aromatic rings. The Morgan fingerprint density at radius 1 is 1.40 bits per heavy atom. The highest BCUT2D eigenvalue weighted by Crippen LogP contribution is 2.23. The van der Waals surface area contributed by atoms with Crippen LogP contribution < -0.4 is 5.32 Å². The fraction of sp³-hybridized carbons (Fsp3) is 0.231. The minimum Gasteiger partial charge on any atom is -0.449 e. The number of ether oxygens (including phenoxy) is 1. The van der Waals surface area contributed by atoms with E-state index in [1.807, 2.05) is 0 Å². The van der Waals surface area contributed by atoms with Gasteiger partial charge in [0.25, 0.3) is 11.6 Å². The van der Waals surface area contributed by atoms with Crippen LogP contribution in [0.5, 0.6) is 0 Å². The van der Waals surface area contributed by atoms with Crippen LogP contribution in [0, 0.1) is 10.1 Å². The van der Waals surface area contributed by atoms with Crippen LogP contribution in [0.3, 0.4) is 0 Å². The summed E-state index contributed by atoms with van der Waals surface area (Å²) in [6.45, 7) is 3.02. The second kappa shape index (κ2) is 7.03. The first-order valence-corrected chi connectivity index (χ1v) is 5.83. The maximum atomic E-state index is 11.8. The van der Waals surface area contributed by atoms with Crippen LogP contribution in [-0.4, -0.2) is 22.9 Å². The SMILES string of the molecule is C/C=C/C(=O)O[C@H](C)C(=O)Nc1ccccc1[N+](=O)[O-]. The molecule has 0 aromatic heterocycles. The second-order valence-electron chi connectivity index (χ2n) is 3.84. The molecule has 7 nitrogen and oxygen atoms in total. The Hall–Kier alpha value is -2.70. The Kier molecular flexibility index (Phi) is 5.40. The van der Waals surface area contributed by atoms with Gasteiger partial charge in [-0.25, -0.2) is 4.79 Å². The van der Waals surface area contributed by atoms with Crippen LogP contribution in [0.1, 0.15) is 13.8 Å². The fourth-order valence-electron chi connectivity index (χ4n) is 1.38. The van der Waals surface area contributed by atoms with E-state index in [-0.39, 0.29) is 11.4 Å². The van der Waals surface area contributed by atoms with E-state index in [1.54, 1.807) is 13.0 Å². The van der Waals surface area contributed by atoms with Crippen molar-refractivity contribution in [3.63, 3.8) is 0 Å². The summed E-state index contributed by atoms with van der Waals surface area (Å²) in [6, 6.07) is 5.71. The Bertz CT molecular complexity index is 553. The van der Waals surface area contributed by atoms with E-state index in [4.69, 9.17) is 4.74 Å². The Balaban J connectivity index is 2.76. The highest BCUT2D eigenvalue weighted by Gasteiger charge is 2.20. The van der Waals surface area contributed by atoms with Crippen molar-refractivity contribution in [2.24, 2.45) is 0 Å². The summed E-state index contributed by atoms with van der Waals surface area (Å²) >= 11 is 0. The molecule has 20 heavy (non-hydrogen) atoms. The van der Waals surface area contributed by atoms with Gasteiger partial charge >= 0.3 is 5.97 Å². The standard InChI is InChI=1S/C13H14N2O5/c1-3-6-12(16)20-9(2)13(17)14-10-7-4-5-8-11(10)15(18)19/h3-9H,1-2H3,(H,14,17)/b6-3+/t9-/m1/s1. The lowest BCUT2D eigenvalue weighted by Gasteiger charge is -2.12. The Morgan fingerprint density at radius 3 is 2.65 bits per heavy atom. The molecular weight excluding hydrogens is 264 g/mol. The lowest BCUT2D eigenvalue weighted by atomic mass is 10.2. The second-order valence-corrected chi connectivity index (χ2v) is 3.84. The van der Waals surface area contributed by atoms with Gasteiger partial charge in [-0.05, 0) is 19.9 Å². The molecule has 0 fully saturated rings. The molecule has 0 aliphatic rings. The van der Waals surface area contributed by atoms with Crippen molar-refractivity contribution in [2.75, 3.05) is 5.32 Å². The van der Waals surface area contributed by atoms with Crippen LogP contribution >= 0.6 is 0 Å². The molecule has 7 heteroatoms. The highest BCUT2D eigenvalue weighted by atomic mass is 16.6. The maximum absolute atomic E-state index is 11.8. The predicted molar refractivity (Wildman–Crippen MR) is 72.1 cm³/mol. The number of amides is 1. The number of rotatable bonds is 5. The third kappa shape index (κ3) is 4.20. The third-order valence-corrected chi connectivity index (χ3v) is 2.32. The van der Waals surface area contributed by atoms with E-state index in [1.165, 1.54) is 37.3 Å². The van der Waals surface area contributed by atoms with E-state index in [0.717, 1.165) is 0 Å². The first kappa shape index (κ1) is 15.4. The van der Waals surface area contributed by atoms with Crippen LogP contribution in [0.25, 0.3) is 0 Å². The molecule has 1 amide bonds. The maximum Gasteiger partial charge on any atom is 0.331 e. The van der Waals surface area contributed by atoms with E-state index in [2.05, 4.69) is 5.32 Å². The number of benzene rings is 1. The van der Waals surface area contributed by atoms with Crippen molar-refractivity contribution in [3.8, 4) is 0 Å². The summed E-state index contributed by atoms with van der Waals surface area (Å²) in [5.41, 5.74) is -0.177. The number of nitro benzene ring substituents is 1. The minimum atomic E-state index is -1.06. The van der Waals surface area contributed by atoms with Crippen LogP contribution in [-0.2, 0) is 14.3 Å². The fourth-order valence-corrected chi connectivity index (χ4v) is 1.38. The van der Waals surface area contributed by atoms with Crippen LogP contribution in [0.2, 0.25) is 0 Å². The molecule has 0 saturated carbocycles. The first-order chi connectivity index (χ1) is 9.45. The molecular formula is C13H14N2O5. The zero-order chi connectivity index (χ0) is 15.1. The molecule has 1 N–H and O–H groups in total. The summed E-state index contributed by atoms with van der Waals surface area (Å²) in [5, 5.41) is 13.2. The molecule has 0 aliphatic heterocycles. The molecule has 1 aromatic carbocycles. The van der Waals surface area contributed by atoms with Gasteiger partial charge in [-0.3, -0.25) is 14.9 Å². The van der Waals surface area contributed by atoms with Crippen molar-refractivity contribution in [3.05, 3.63) is 46.5 Å². The van der Waals surface area contributed by atoms with E-state index in [9.17, 15) is 19.7 Å². The summed E-state index contributed by atoms with van der Waals surface area (Å²) in [7, 11) is 0. The first-order valence-electron chi connectivity index (χ1n) is 5.83. The van der Waals surface area contributed by atoms with Gasteiger partial charge < -0.3 is 10.1 Å². The highest BCUT2D eigenvalue weighted by molar-refractivity contribution is 5.97. The number of hydrogen-bond donors (Lipinski definition) is 1. The number of esters is 1. The van der Waals surface area contributed by atoms with Gasteiger partial charge in [0.2, 0.25) is 0 Å². The van der Waals surface area contributed by atoms with E-state index >= 15 is 0 Å². The van der Waals surface area contributed by atoms with E-state index < -0.39 is 22.9 Å². The molecule has 106 valence electrons. The number of allylic oxidation sites excluding steroid dienone is 1. The third-order valence-electron chi connectivity index (χ3n) is 2.32. The number of carbonyl (C=O) groups excluding carboxylic acids is 2. The topological polar surface area (TPSA) is 98.5 Å². The number of para-hydroxylation sites is 2. The summed E-state index contributed by atoms with van der Waals surface area (Å²) < 4.78 is 4.82. The molecule has 1 atom stereocenters. The van der Waals surface area contributed by atoms with Gasteiger partial charge in [-0.2, -0.15) is 0 Å². The monoisotopic (exact) mass is 278 g/mol. The van der Waals surface area contributed by atoms with Gasteiger partial charge in [-0.15, -0.1) is 0 Å².